The Morgan fingerprint density at radius 1 is 1.04 bits per heavy atom. The van der Waals surface area contributed by atoms with Crippen molar-refractivity contribution in [1.29, 1.82) is 0 Å². The largest absolute Gasteiger partial charge is 0.483 e. The van der Waals surface area contributed by atoms with Crippen molar-refractivity contribution >= 4 is 23.2 Å². The van der Waals surface area contributed by atoms with E-state index < -0.39 is 0 Å². The number of halogens is 1. The minimum Gasteiger partial charge on any atom is -0.483 e. The zero-order chi connectivity index (χ0) is 18.7. The molecule has 1 heterocycles. The van der Waals surface area contributed by atoms with Crippen molar-refractivity contribution in [2.45, 2.75) is 20.8 Å². The molecule has 1 amide bonds. The number of amides is 1. The lowest BCUT2D eigenvalue weighted by atomic mass is 10.1. The van der Waals surface area contributed by atoms with Crippen LogP contribution in [0.5, 0.6) is 5.75 Å². The highest BCUT2D eigenvalue weighted by atomic mass is 35.5. The highest BCUT2D eigenvalue weighted by Crippen LogP contribution is 2.24. The molecule has 0 aliphatic carbocycles. The SMILES string of the molecule is Cc1cc(Cl)ccc1OCC(=O)N1CCN(c2cccc(C)c2C)CC1. The fourth-order valence-corrected chi connectivity index (χ4v) is 3.51. The average Bonchev–Trinajstić information content (AvgIpc) is 2.63. The summed E-state index contributed by atoms with van der Waals surface area (Å²) in [7, 11) is 0. The molecule has 2 aromatic carbocycles. The second kappa shape index (κ2) is 8.00. The lowest BCUT2D eigenvalue weighted by molar-refractivity contribution is -0.133. The third-order valence-electron chi connectivity index (χ3n) is 5.04. The van der Waals surface area contributed by atoms with E-state index in [-0.39, 0.29) is 12.5 Å². The van der Waals surface area contributed by atoms with Gasteiger partial charge in [0.1, 0.15) is 5.75 Å². The van der Waals surface area contributed by atoms with Crippen LogP contribution >= 0.6 is 11.6 Å². The van der Waals surface area contributed by atoms with Crippen LogP contribution in [-0.2, 0) is 4.79 Å². The standard InChI is InChI=1S/C21H25ClN2O2/c1-15-5-4-6-19(17(15)3)23-9-11-24(12-10-23)21(25)14-26-20-8-7-18(22)13-16(20)2/h4-8,13H,9-12,14H2,1-3H3. The molecule has 0 bridgehead atoms. The van der Waals surface area contributed by atoms with E-state index in [0.717, 1.165) is 31.7 Å². The molecule has 138 valence electrons. The van der Waals surface area contributed by atoms with E-state index >= 15 is 0 Å². The van der Waals surface area contributed by atoms with Crippen LogP contribution in [0.1, 0.15) is 16.7 Å². The first-order valence-electron chi connectivity index (χ1n) is 8.93. The summed E-state index contributed by atoms with van der Waals surface area (Å²) >= 11 is 5.95. The number of aryl methyl sites for hydroxylation is 2. The van der Waals surface area contributed by atoms with Crippen LogP contribution in [-0.4, -0.2) is 43.6 Å². The van der Waals surface area contributed by atoms with Crippen molar-refractivity contribution in [3.8, 4) is 5.75 Å². The molecule has 2 aromatic rings. The molecule has 5 heteroatoms. The Balaban J connectivity index is 1.54. The highest BCUT2D eigenvalue weighted by molar-refractivity contribution is 6.30. The molecule has 4 nitrogen and oxygen atoms in total. The Bertz CT molecular complexity index is 799. The molecular weight excluding hydrogens is 348 g/mol. The number of nitrogens with zero attached hydrogens (tertiary/aromatic N) is 2. The van der Waals surface area contributed by atoms with Gasteiger partial charge in [0, 0.05) is 36.9 Å². The van der Waals surface area contributed by atoms with Crippen molar-refractivity contribution in [2.24, 2.45) is 0 Å². The van der Waals surface area contributed by atoms with Gasteiger partial charge in [-0.3, -0.25) is 4.79 Å². The molecule has 0 spiro atoms. The van der Waals surface area contributed by atoms with Crippen LogP contribution in [0.2, 0.25) is 5.02 Å². The van der Waals surface area contributed by atoms with Gasteiger partial charge in [-0.05, 0) is 61.7 Å². The first kappa shape index (κ1) is 18.6. The van der Waals surface area contributed by atoms with Gasteiger partial charge in [0.25, 0.3) is 5.91 Å². The molecule has 0 radical (unpaired) electrons. The summed E-state index contributed by atoms with van der Waals surface area (Å²) in [6, 6.07) is 11.8. The minimum absolute atomic E-state index is 0.0277. The molecule has 0 unspecified atom stereocenters. The summed E-state index contributed by atoms with van der Waals surface area (Å²) < 4.78 is 5.69. The molecule has 26 heavy (non-hydrogen) atoms. The van der Waals surface area contributed by atoms with E-state index in [1.807, 2.05) is 24.0 Å². The summed E-state index contributed by atoms with van der Waals surface area (Å²) in [5.41, 5.74) is 4.82. The van der Waals surface area contributed by atoms with E-state index in [0.29, 0.717) is 10.8 Å². The summed E-state index contributed by atoms with van der Waals surface area (Å²) in [4.78, 5) is 16.7. The number of carbonyl (C=O) groups excluding carboxylic acids is 1. The summed E-state index contributed by atoms with van der Waals surface area (Å²) in [5.74, 6) is 0.733. The maximum Gasteiger partial charge on any atom is 0.260 e. The van der Waals surface area contributed by atoms with Crippen molar-refractivity contribution in [1.82, 2.24) is 4.90 Å². The van der Waals surface area contributed by atoms with Gasteiger partial charge >= 0.3 is 0 Å². The number of piperazine rings is 1. The number of benzene rings is 2. The van der Waals surface area contributed by atoms with Crippen LogP contribution in [0.25, 0.3) is 0 Å². The molecule has 1 fully saturated rings. The maximum atomic E-state index is 12.5. The summed E-state index contributed by atoms with van der Waals surface area (Å²) in [5, 5.41) is 0.670. The average molecular weight is 373 g/mol. The normalized spacial score (nSPS) is 14.5. The van der Waals surface area contributed by atoms with Gasteiger partial charge in [-0.25, -0.2) is 0 Å². The van der Waals surface area contributed by atoms with E-state index in [1.165, 1.54) is 16.8 Å². The van der Waals surface area contributed by atoms with Crippen molar-refractivity contribution in [2.75, 3.05) is 37.7 Å². The second-order valence-electron chi connectivity index (χ2n) is 6.79. The third kappa shape index (κ3) is 4.13. The monoisotopic (exact) mass is 372 g/mol. The van der Waals surface area contributed by atoms with Gasteiger partial charge in [-0.1, -0.05) is 23.7 Å². The Labute approximate surface area is 160 Å². The zero-order valence-electron chi connectivity index (χ0n) is 15.6. The molecule has 0 atom stereocenters. The first-order valence-corrected chi connectivity index (χ1v) is 9.31. The molecule has 1 saturated heterocycles. The van der Waals surface area contributed by atoms with E-state index in [9.17, 15) is 4.79 Å². The zero-order valence-corrected chi connectivity index (χ0v) is 16.3. The first-order chi connectivity index (χ1) is 12.5. The van der Waals surface area contributed by atoms with Crippen LogP contribution in [0.15, 0.2) is 36.4 Å². The molecule has 3 rings (SSSR count). The molecule has 0 aromatic heterocycles. The molecule has 0 saturated carbocycles. The fraction of sp³-hybridized carbons (Fsp3) is 0.381. The van der Waals surface area contributed by atoms with Crippen molar-refractivity contribution < 1.29 is 9.53 Å². The van der Waals surface area contributed by atoms with E-state index in [1.54, 1.807) is 6.07 Å². The molecule has 0 N–H and O–H groups in total. The molecular formula is C21H25ClN2O2. The topological polar surface area (TPSA) is 32.8 Å². The number of hydrogen-bond donors (Lipinski definition) is 0. The van der Waals surface area contributed by atoms with Crippen molar-refractivity contribution in [3.05, 3.63) is 58.1 Å². The number of hydrogen-bond acceptors (Lipinski definition) is 3. The number of ether oxygens (including phenoxy) is 1. The number of anilines is 1. The fourth-order valence-electron chi connectivity index (χ4n) is 3.28. The van der Waals surface area contributed by atoms with Crippen LogP contribution in [0.4, 0.5) is 5.69 Å². The molecule has 1 aliphatic heterocycles. The van der Waals surface area contributed by atoms with Crippen molar-refractivity contribution in [3.63, 3.8) is 0 Å². The number of rotatable bonds is 4. The summed E-state index contributed by atoms with van der Waals surface area (Å²) in [6.45, 7) is 9.40. The van der Waals surface area contributed by atoms with Gasteiger partial charge in [0.05, 0.1) is 0 Å². The molecule has 1 aliphatic rings. The van der Waals surface area contributed by atoms with Gasteiger partial charge in [0.2, 0.25) is 0 Å². The second-order valence-corrected chi connectivity index (χ2v) is 7.22. The van der Waals surface area contributed by atoms with Gasteiger partial charge in [0.15, 0.2) is 6.61 Å². The van der Waals surface area contributed by atoms with E-state index in [4.69, 9.17) is 16.3 Å². The summed E-state index contributed by atoms with van der Waals surface area (Å²) in [6.07, 6.45) is 0. The lowest BCUT2D eigenvalue weighted by Gasteiger charge is -2.37. The van der Waals surface area contributed by atoms with Gasteiger partial charge in [-0.2, -0.15) is 0 Å². The Morgan fingerprint density at radius 2 is 1.77 bits per heavy atom. The Morgan fingerprint density at radius 3 is 2.46 bits per heavy atom. The Kier molecular flexibility index (Phi) is 5.72. The van der Waals surface area contributed by atoms with Crippen LogP contribution in [0, 0.1) is 20.8 Å². The highest BCUT2D eigenvalue weighted by Gasteiger charge is 2.22. The van der Waals surface area contributed by atoms with Gasteiger partial charge in [-0.15, -0.1) is 0 Å². The third-order valence-corrected chi connectivity index (χ3v) is 5.27. The lowest BCUT2D eigenvalue weighted by Crippen LogP contribution is -2.50. The predicted octanol–water partition coefficient (Wildman–Crippen LogP) is 3.99. The van der Waals surface area contributed by atoms with E-state index in [2.05, 4.69) is 36.9 Å². The van der Waals surface area contributed by atoms with Gasteiger partial charge < -0.3 is 14.5 Å². The predicted molar refractivity (Wildman–Crippen MR) is 106 cm³/mol. The number of carbonyl (C=O) groups is 1. The van der Waals surface area contributed by atoms with Crippen LogP contribution in [0.3, 0.4) is 0 Å². The smallest absolute Gasteiger partial charge is 0.260 e. The van der Waals surface area contributed by atoms with Crippen LogP contribution < -0.4 is 9.64 Å². The maximum absolute atomic E-state index is 12.5. The quantitative estimate of drug-likeness (QED) is 0.813. The Hall–Kier alpha value is -2.20. The minimum atomic E-state index is 0.0277.